The summed E-state index contributed by atoms with van der Waals surface area (Å²) < 4.78 is 9.63. The van der Waals surface area contributed by atoms with Crippen LogP contribution in [0.25, 0.3) is 0 Å². The summed E-state index contributed by atoms with van der Waals surface area (Å²) in [7, 11) is 1.48. The van der Waals surface area contributed by atoms with Crippen LogP contribution in [0, 0.1) is 0 Å². The van der Waals surface area contributed by atoms with Crippen LogP contribution < -0.4 is 4.74 Å². The van der Waals surface area contributed by atoms with E-state index < -0.39 is 5.97 Å². The summed E-state index contributed by atoms with van der Waals surface area (Å²) in [4.78, 5) is 10.7. The van der Waals surface area contributed by atoms with Crippen molar-refractivity contribution in [3.63, 3.8) is 0 Å². The first-order valence-corrected chi connectivity index (χ1v) is 4.06. The lowest BCUT2D eigenvalue weighted by atomic mass is 10.4. The summed E-state index contributed by atoms with van der Waals surface area (Å²) in [6.07, 6.45) is 0. The molecule has 0 unspecified atom stereocenters. The fourth-order valence-electron chi connectivity index (χ4n) is 0.689. The minimum Gasteiger partial charge on any atom is -0.477 e. The highest BCUT2D eigenvalue weighted by atomic mass is 32.1. The monoisotopic (exact) mass is 188 g/mol. The van der Waals surface area contributed by atoms with Crippen LogP contribution in [-0.2, 0) is 4.74 Å². The Morgan fingerprint density at radius 3 is 3.08 bits per heavy atom. The molecular formula is C7H8O4S. The molecule has 0 saturated heterocycles. The molecule has 1 heterocycles. The lowest BCUT2D eigenvalue weighted by Gasteiger charge is -2.01. The highest BCUT2D eigenvalue weighted by Crippen LogP contribution is 2.24. The molecule has 1 rings (SSSR count). The van der Waals surface area contributed by atoms with Gasteiger partial charge in [0.25, 0.3) is 0 Å². The van der Waals surface area contributed by atoms with Crippen molar-refractivity contribution in [1.29, 1.82) is 0 Å². The maximum Gasteiger partial charge on any atom is 0.349 e. The first kappa shape index (κ1) is 9.02. The number of carboxylic acids is 1. The Labute approximate surface area is 73.3 Å². The first-order valence-electron chi connectivity index (χ1n) is 3.18. The number of hydrogen-bond donors (Lipinski definition) is 1. The van der Waals surface area contributed by atoms with Crippen LogP contribution in [0.4, 0.5) is 0 Å². The average molecular weight is 188 g/mol. The van der Waals surface area contributed by atoms with Gasteiger partial charge >= 0.3 is 5.97 Å². The molecule has 0 bridgehead atoms. The minimum absolute atomic E-state index is 0.0665. The summed E-state index contributed by atoms with van der Waals surface area (Å²) in [5.74, 6) is -0.620. The normalized spacial score (nSPS) is 9.75. The van der Waals surface area contributed by atoms with E-state index in [4.69, 9.17) is 9.84 Å². The summed E-state index contributed by atoms with van der Waals surface area (Å²) in [5, 5.41) is 10.3. The minimum atomic E-state index is -0.976. The summed E-state index contributed by atoms with van der Waals surface area (Å²) in [6, 6.07) is 1.60. The van der Waals surface area contributed by atoms with Crippen LogP contribution >= 0.6 is 11.3 Å². The Hall–Kier alpha value is -1.07. The molecule has 0 aromatic carbocycles. The van der Waals surface area contributed by atoms with Crippen molar-refractivity contribution < 1.29 is 19.4 Å². The van der Waals surface area contributed by atoms with Crippen molar-refractivity contribution in [2.45, 2.75) is 0 Å². The zero-order valence-corrected chi connectivity index (χ0v) is 7.26. The molecule has 4 nitrogen and oxygen atoms in total. The van der Waals surface area contributed by atoms with E-state index in [0.29, 0.717) is 5.75 Å². The van der Waals surface area contributed by atoms with Gasteiger partial charge in [-0.05, 0) is 11.4 Å². The molecule has 1 aromatic heterocycles. The fourth-order valence-corrected chi connectivity index (χ4v) is 1.36. The van der Waals surface area contributed by atoms with Crippen LogP contribution in [0.1, 0.15) is 9.67 Å². The molecule has 66 valence electrons. The topological polar surface area (TPSA) is 55.8 Å². The number of ether oxygens (including phenoxy) is 2. The molecule has 0 aliphatic heterocycles. The summed E-state index contributed by atoms with van der Waals surface area (Å²) in [5.41, 5.74) is 0. The lowest BCUT2D eigenvalue weighted by molar-refractivity contribution is 0.0490. The van der Waals surface area contributed by atoms with Gasteiger partial charge in [-0.15, -0.1) is 11.3 Å². The smallest absolute Gasteiger partial charge is 0.349 e. The van der Waals surface area contributed by atoms with E-state index in [1.807, 2.05) is 0 Å². The standard InChI is InChI=1S/C7H8O4S/c1-10-4-11-5-2-3-12-6(5)7(8)9/h2-3H,4H2,1H3,(H,8,9). The van der Waals surface area contributed by atoms with Gasteiger partial charge in [0.1, 0.15) is 5.75 Å². The number of aromatic carboxylic acids is 1. The van der Waals surface area contributed by atoms with Crippen molar-refractivity contribution in [1.82, 2.24) is 0 Å². The van der Waals surface area contributed by atoms with Gasteiger partial charge in [-0.25, -0.2) is 4.79 Å². The fraction of sp³-hybridized carbons (Fsp3) is 0.286. The van der Waals surface area contributed by atoms with Gasteiger partial charge in [-0.2, -0.15) is 0 Å². The van der Waals surface area contributed by atoms with Crippen LogP contribution in [0.5, 0.6) is 5.75 Å². The average Bonchev–Trinajstić information content (AvgIpc) is 2.48. The third-order valence-electron chi connectivity index (χ3n) is 1.16. The van der Waals surface area contributed by atoms with Gasteiger partial charge in [-0.1, -0.05) is 0 Å². The molecule has 0 amide bonds. The van der Waals surface area contributed by atoms with Crippen LogP contribution in [0.3, 0.4) is 0 Å². The second-order valence-electron chi connectivity index (χ2n) is 1.97. The van der Waals surface area contributed by atoms with E-state index in [1.54, 1.807) is 11.4 Å². The van der Waals surface area contributed by atoms with Crippen molar-refractivity contribution >= 4 is 17.3 Å². The van der Waals surface area contributed by atoms with Crippen molar-refractivity contribution in [2.24, 2.45) is 0 Å². The van der Waals surface area contributed by atoms with Gasteiger partial charge in [0.05, 0.1) is 0 Å². The molecule has 0 atom stereocenters. The van der Waals surface area contributed by atoms with Gasteiger partial charge in [0.2, 0.25) is 0 Å². The lowest BCUT2D eigenvalue weighted by Crippen LogP contribution is -2.02. The molecule has 1 aromatic rings. The van der Waals surface area contributed by atoms with E-state index in [1.165, 1.54) is 7.11 Å². The Balaban J connectivity index is 2.70. The number of rotatable bonds is 4. The maximum absolute atomic E-state index is 10.5. The zero-order chi connectivity index (χ0) is 8.97. The number of thiophene rings is 1. The molecule has 5 heteroatoms. The van der Waals surface area contributed by atoms with E-state index in [0.717, 1.165) is 11.3 Å². The summed E-state index contributed by atoms with van der Waals surface area (Å²) >= 11 is 1.13. The number of methoxy groups -OCH3 is 1. The predicted octanol–water partition coefficient (Wildman–Crippen LogP) is 1.43. The van der Waals surface area contributed by atoms with Crippen molar-refractivity contribution in [3.05, 3.63) is 16.3 Å². The van der Waals surface area contributed by atoms with Gasteiger partial charge in [-0.3, -0.25) is 0 Å². The molecule has 12 heavy (non-hydrogen) atoms. The number of carbonyl (C=O) groups is 1. The molecule has 0 radical (unpaired) electrons. The van der Waals surface area contributed by atoms with Gasteiger partial charge in [0, 0.05) is 7.11 Å². The van der Waals surface area contributed by atoms with E-state index in [9.17, 15) is 4.79 Å². The third kappa shape index (κ3) is 1.96. The largest absolute Gasteiger partial charge is 0.477 e. The SMILES string of the molecule is COCOc1ccsc1C(=O)O. The van der Waals surface area contributed by atoms with Crippen molar-refractivity contribution in [3.8, 4) is 5.75 Å². The zero-order valence-electron chi connectivity index (χ0n) is 6.44. The predicted molar refractivity (Wildman–Crippen MR) is 43.8 cm³/mol. The van der Waals surface area contributed by atoms with Crippen LogP contribution in [0.15, 0.2) is 11.4 Å². The second-order valence-corrected chi connectivity index (χ2v) is 2.89. The Morgan fingerprint density at radius 2 is 2.50 bits per heavy atom. The number of hydrogen-bond acceptors (Lipinski definition) is 4. The molecule has 0 fully saturated rings. The van der Waals surface area contributed by atoms with Crippen LogP contribution in [0.2, 0.25) is 0 Å². The quantitative estimate of drug-likeness (QED) is 0.726. The van der Waals surface area contributed by atoms with E-state index in [2.05, 4.69) is 4.74 Å². The highest BCUT2D eigenvalue weighted by Gasteiger charge is 2.12. The summed E-state index contributed by atoms with van der Waals surface area (Å²) in [6.45, 7) is 0.0665. The van der Waals surface area contributed by atoms with Gasteiger partial charge in [0.15, 0.2) is 11.7 Å². The Morgan fingerprint density at radius 1 is 1.75 bits per heavy atom. The number of carboxylic acid groups (broad SMARTS) is 1. The molecule has 1 N–H and O–H groups in total. The highest BCUT2D eigenvalue weighted by molar-refractivity contribution is 7.12. The Kier molecular flexibility index (Phi) is 3.07. The molecule has 0 saturated carbocycles. The molecule has 0 spiro atoms. The molecular weight excluding hydrogens is 180 g/mol. The molecule has 0 aliphatic carbocycles. The first-order chi connectivity index (χ1) is 5.75. The van der Waals surface area contributed by atoms with Crippen molar-refractivity contribution in [2.75, 3.05) is 13.9 Å². The van der Waals surface area contributed by atoms with Gasteiger partial charge < -0.3 is 14.6 Å². The Bertz CT molecular complexity index is 268. The van der Waals surface area contributed by atoms with E-state index in [-0.39, 0.29) is 11.7 Å². The molecule has 0 aliphatic rings. The van der Waals surface area contributed by atoms with Crippen LogP contribution in [-0.4, -0.2) is 25.0 Å². The third-order valence-corrected chi connectivity index (χ3v) is 2.04. The second kappa shape index (κ2) is 4.08. The maximum atomic E-state index is 10.5. The van der Waals surface area contributed by atoms with E-state index >= 15 is 0 Å².